The van der Waals surface area contributed by atoms with Crippen molar-refractivity contribution in [3.05, 3.63) is 34.3 Å². The first-order chi connectivity index (χ1) is 9.52. The number of benzene rings is 1. The second kappa shape index (κ2) is 9.57. The van der Waals surface area contributed by atoms with Crippen molar-refractivity contribution in [1.29, 1.82) is 0 Å². The lowest BCUT2D eigenvalue weighted by Gasteiger charge is -2.22. The lowest BCUT2D eigenvalue weighted by atomic mass is 9.89. The molecule has 0 aromatic heterocycles. The Labute approximate surface area is 133 Å². The minimum Gasteiger partial charge on any atom is -0.316 e. The molecule has 0 saturated heterocycles. The zero-order valence-electron chi connectivity index (χ0n) is 13.5. The SMILES string of the molecule is CCC(C)CC(CNCC(C)C)Cc1ccccc1Br. The van der Waals surface area contributed by atoms with Gasteiger partial charge in [-0.25, -0.2) is 0 Å². The quantitative estimate of drug-likeness (QED) is 0.644. The highest BCUT2D eigenvalue weighted by Gasteiger charge is 2.14. The van der Waals surface area contributed by atoms with E-state index < -0.39 is 0 Å². The maximum Gasteiger partial charge on any atom is 0.0207 e. The van der Waals surface area contributed by atoms with E-state index in [4.69, 9.17) is 0 Å². The van der Waals surface area contributed by atoms with Crippen LogP contribution >= 0.6 is 15.9 Å². The van der Waals surface area contributed by atoms with E-state index >= 15 is 0 Å². The molecule has 1 N–H and O–H groups in total. The smallest absolute Gasteiger partial charge is 0.0207 e. The molecule has 0 fully saturated rings. The minimum atomic E-state index is 0.724. The normalized spacial score (nSPS) is 14.5. The topological polar surface area (TPSA) is 12.0 Å². The second-order valence-corrected chi connectivity index (χ2v) is 7.32. The van der Waals surface area contributed by atoms with Crippen LogP contribution in [0.4, 0.5) is 0 Å². The van der Waals surface area contributed by atoms with Crippen LogP contribution in [0.1, 0.15) is 46.1 Å². The molecule has 1 aromatic carbocycles. The number of halogens is 1. The van der Waals surface area contributed by atoms with Crippen LogP contribution in [0.2, 0.25) is 0 Å². The molecule has 1 nitrogen and oxygen atoms in total. The van der Waals surface area contributed by atoms with E-state index in [0.29, 0.717) is 0 Å². The van der Waals surface area contributed by atoms with Crippen LogP contribution in [0.15, 0.2) is 28.7 Å². The highest BCUT2D eigenvalue weighted by Crippen LogP contribution is 2.23. The molecule has 20 heavy (non-hydrogen) atoms. The first-order valence-electron chi connectivity index (χ1n) is 7.97. The first-order valence-corrected chi connectivity index (χ1v) is 8.76. The third-order valence-electron chi connectivity index (χ3n) is 3.88. The minimum absolute atomic E-state index is 0.724. The van der Waals surface area contributed by atoms with Gasteiger partial charge in [0.25, 0.3) is 0 Å². The van der Waals surface area contributed by atoms with Gasteiger partial charge in [-0.1, -0.05) is 68.2 Å². The first kappa shape index (κ1) is 17.7. The molecule has 0 amide bonds. The van der Waals surface area contributed by atoms with E-state index in [2.05, 4.69) is 73.2 Å². The van der Waals surface area contributed by atoms with Gasteiger partial charge in [0.1, 0.15) is 0 Å². The standard InChI is InChI=1S/C18H30BrN/c1-5-15(4)10-16(13-20-12-14(2)3)11-17-8-6-7-9-18(17)19/h6-9,14-16,20H,5,10-13H2,1-4H3. The summed E-state index contributed by atoms with van der Waals surface area (Å²) in [5.74, 6) is 2.26. The van der Waals surface area contributed by atoms with E-state index in [1.54, 1.807) is 0 Å². The summed E-state index contributed by atoms with van der Waals surface area (Å²) in [5, 5.41) is 3.64. The van der Waals surface area contributed by atoms with Crippen LogP contribution in [0.25, 0.3) is 0 Å². The molecule has 2 heteroatoms. The van der Waals surface area contributed by atoms with Crippen LogP contribution in [0.5, 0.6) is 0 Å². The van der Waals surface area contributed by atoms with Gasteiger partial charge in [-0.3, -0.25) is 0 Å². The van der Waals surface area contributed by atoms with Gasteiger partial charge in [0.2, 0.25) is 0 Å². The number of hydrogen-bond acceptors (Lipinski definition) is 1. The van der Waals surface area contributed by atoms with Crippen molar-refractivity contribution < 1.29 is 0 Å². The zero-order chi connectivity index (χ0) is 15.0. The van der Waals surface area contributed by atoms with Crippen molar-refractivity contribution >= 4 is 15.9 Å². The predicted octanol–water partition coefficient (Wildman–Crippen LogP) is 5.29. The highest BCUT2D eigenvalue weighted by molar-refractivity contribution is 9.10. The van der Waals surface area contributed by atoms with Gasteiger partial charge in [0, 0.05) is 4.47 Å². The molecule has 0 saturated carbocycles. The maximum atomic E-state index is 3.68. The Kier molecular flexibility index (Phi) is 8.47. The van der Waals surface area contributed by atoms with Crippen LogP contribution in [0, 0.1) is 17.8 Å². The van der Waals surface area contributed by atoms with Crippen LogP contribution in [-0.2, 0) is 6.42 Å². The summed E-state index contributed by atoms with van der Waals surface area (Å²) in [6.07, 6.45) is 3.75. The Hall–Kier alpha value is -0.340. The van der Waals surface area contributed by atoms with Crippen molar-refractivity contribution in [1.82, 2.24) is 5.32 Å². The number of hydrogen-bond donors (Lipinski definition) is 1. The lowest BCUT2D eigenvalue weighted by molar-refractivity contribution is 0.356. The molecule has 114 valence electrons. The highest BCUT2D eigenvalue weighted by atomic mass is 79.9. The fourth-order valence-corrected chi connectivity index (χ4v) is 2.97. The lowest BCUT2D eigenvalue weighted by Crippen LogP contribution is -2.28. The molecular weight excluding hydrogens is 310 g/mol. The van der Waals surface area contributed by atoms with Crippen LogP contribution in [-0.4, -0.2) is 13.1 Å². The molecule has 2 unspecified atom stereocenters. The van der Waals surface area contributed by atoms with E-state index in [1.807, 2.05) is 0 Å². The molecule has 1 rings (SSSR count). The summed E-state index contributed by atoms with van der Waals surface area (Å²) in [5.41, 5.74) is 1.44. The average molecular weight is 340 g/mol. The Morgan fingerprint density at radius 2 is 1.80 bits per heavy atom. The number of nitrogens with one attached hydrogen (secondary N) is 1. The number of rotatable bonds is 9. The average Bonchev–Trinajstić information content (AvgIpc) is 2.40. The largest absolute Gasteiger partial charge is 0.316 e. The van der Waals surface area contributed by atoms with E-state index in [0.717, 1.165) is 37.3 Å². The summed E-state index contributed by atoms with van der Waals surface area (Å²) in [7, 11) is 0. The van der Waals surface area contributed by atoms with E-state index in [9.17, 15) is 0 Å². The summed E-state index contributed by atoms with van der Waals surface area (Å²) >= 11 is 3.68. The second-order valence-electron chi connectivity index (χ2n) is 6.46. The molecular formula is C18H30BrN. The summed E-state index contributed by atoms with van der Waals surface area (Å²) < 4.78 is 1.25. The molecule has 1 aromatic rings. The Morgan fingerprint density at radius 3 is 2.40 bits per heavy atom. The van der Waals surface area contributed by atoms with Gasteiger partial charge in [-0.05, 0) is 55.3 Å². The molecule has 0 aliphatic carbocycles. The molecule has 0 spiro atoms. The van der Waals surface area contributed by atoms with Gasteiger partial charge in [-0.2, -0.15) is 0 Å². The van der Waals surface area contributed by atoms with Crippen molar-refractivity contribution in [2.45, 2.75) is 47.0 Å². The monoisotopic (exact) mass is 339 g/mol. The van der Waals surface area contributed by atoms with Crippen molar-refractivity contribution in [3.8, 4) is 0 Å². The van der Waals surface area contributed by atoms with E-state index in [-0.39, 0.29) is 0 Å². The molecule has 0 heterocycles. The summed E-state index contributed by atoms with van der Waals surface area (Å²) in [6.45, 7) is 11.4. The predicted molar refractivity (Wildman–Crippen MR) is 93.1 cm³/mol. The van der Waals surface area contributed by atoms with Crippen molar-refractivity contribution in [2.75, 3.05) is 13.1 Å². The fraction of sp³-hybridized carbons (Fsp3) is 0.667. The third-order valence-corrected chi connectivity index (χ3v) is 4.66. The zero-order valence-corrected chi connectivity index (χ0v) is 15.0. The van der Waals surface area contributed by atoms with Gasteiger partial charge in [0.15, 0.2) is 0 Å². The van der Waals surface area contributed by atoms with Gasteiger partial charge < -0.3 is 5.32 Å². The van der Waals surface area contributed by atoms with Gasteiger partial charge in [-0.15, -0.1) is 0 Å². The molecule has 2 atom stereocenters. The fourth-order valence-electron chi connectivity index (χ4n) is 2.53. The maximum absolute atomic E-state index is 3.68. The molecule has 0 bridgehead atoms. The Bertz CT molecular complexity index is 375. The van der Waals surface area contributed by atoms with Gasteiger partial charge in [0.05, 0.1) is 0 Å². The Morgan fingerprint density at radius 1 is 1.10 bits per heavy atom. The van der Waals surface area contributed by atoms with Crippen LogP contribution < -0.4 is 5.32 Å². The van der Waals surface area contributed by atoms with Crippen molar-refractivity contribution in [3.63, 3.8) is 0 Å². The third kappa shape index (κ3) is 6.90. The van der Waals surface area contributed by atoms with Crippen LogP contribution in [0.3, 0.4) is 0 Å². The summed E-state index contributed by atoms with van der Waals surface area (Å²) in [6, 6.07) is 8.63. The summed E-state index contributed by atoms with van der Waals surface area (Å²) in [4.78, 5) is 0. The molecule has 0 aliphatic heterocycles. The molecule has 0 aliphatic rings. The molecule has 0 radical (unpaired) electrons. The van der Waals surface area contributed by atoms with E-state index in [1.165, 1.54) is 22.9 Å². The van der Waals surface area contributed by atoms with Crippen molar-refractivity contribution in [2.24, 2.45) is 17.8 Å². The Balaban J connectivity index is 2.59. The van der Waals surface area contributed by atoms with Gasteiger partial charge >= 0.3 is 0 Å².